The number of benzene rings is 1. The molecule has 19 heavy (non-hydrogen) atoms. The van der Waals surface area contributed by atoms with Crippen molar-refractivity contribution in [3.63, 3.8) is 0 Å². The second-order valence-corrected chi connectivity index (χ2v) is 6.25. The van der Waals surface area contributed by atoms with Crippen LogP contribution in [0.25, 0.3) is 0 Å². The standard InChI is InChI=1S/C17H28FN/c1-5-11-19-12-10-17(3,4)9-8-15-6-7-16(18)14(2)13-15/h6-7,13,19H,5,8-12H2,1-4H3. The molecule has 0 aliphatic carbocycles. The molecule has 1 nitrogen and oxygen atoms in total. The van der Waals surface area contributed by atoms with Crippen LogP contribution in [0.3, 0.4) is 0 Å². The van der Waals surface area contributed by atoms with Crippen LogP contribution in [0, 0.1) is 18.2 Å². The maximum Gasteiger partial charge on any atom is 0.126 e. The fourth-order valence-electron chi connectivity index (χ4n) is 2.20. The first-order valence-electron chi connectivity index (χ1n) is 7.40. The van der Waals surface area contributed by atoms with Crippen LogP contribution in [0.1, 0.15) is 51.2 Å². The Morgan fingerprint density at radius 3 is 2.53 bits per heavy atom. The molecule has 0 radical (unpaired) electrons. The van der Waals surface area contributed by atoms with Crippen molar-refractivity contribution in [1.82, 2.24) is 5.32 Å². The third-order valence-electron chi connectivity index (χ3n) is 3.72. The van der Waals surface area contributed by atoms with Gasteiger partial charge in [-0.1, -0.05) is 32.9 Å². The van der Waals surface area contributed by atoms with E-state index in [1.165, 1.54) is 18.4 Å². The monoisotopic (exact) mass is 265 g/mol. The van der Waals surface area contributed by atoms with Crippen molar-refractivity contribution in [3.8, 4) is 0 Å². The van der Waals surface area contributed by atoms with Gasteiger partial charge in [0.25, 0.3) is 0 Å². The van der Waals surface area contributed by atoms with Gasteiger partial charge in [0.15, 0.2) is 0 Å². The summed E-state index contributed by atoms with van der Waals surface area (Å²) in [6, 6.07) is 5.47. The third kappa shape index (κ3) is 6.20. The van der Waals surface area contributed by atoms with Crippen LogP contribution in [0.2, 0.25) is 0 Å². The molecule has 1 N–H and O–H groups in total. The van der Waals surface area contributed by atoms with Crippen molar-refractivity contribution < 1.29 is 4.39 Å². The molecule has 0 amide bonds. The molecule has 0 aromatic heterocycles. The Balaban J connectivity index is 2.39. The Kier molecular flexibility index (Phi) is 6.50. The number of rotatable bonds is 8. The summed E-state index contributed by atoms with van der Waals surface area (Å²) in [5.74, 6) is -0.105. The van der Waals surface area contributed by atoms with E-state index in [0.29, 0.717) is 5.41 Å². The summed E-state index contributed by atoms with van der Waals surface area (Å²) < 4.78 is 13.2. The first-order chi connectivity index (χ1) is 8.94. The first-order valence-corrected chi connectivity index (χ1v) is 7.40. The van der Waals surface area contributed by atoms with Crippen molar-refractivity contribution in [3.05, 3.63) is 35.1 Å². The fourth-order valence-corrected chi connectivity index (χ4v) is 2.20. The van der Waals surface area contributed by atoms with E-state index in [1.54, 1.807) is 6.07 Å². The topological polar surface area (TPSA) is 12.0 Å². The summed E-state index contributed by atoms with van der Waals surface area (Å²) in [4.78, 5) is 0. The Hall–Kier alpha value is -0.890. The van der Waals surface area contributed by atoms with Crippen molar-refractivity contribution >= 4 is 0 Å². The van der Waals surface area contributed by atoms with Crippen LogP contribution < -0.4 is 5.32 Å². The van der Waals surface area contributed by atoms with Gasteiger partial charge in [0, 0.05) is 0 Å². The molecule has 0 bridgehead atoms. The molecule has 108 valence electrons. The maximum atomic E-state index is 13.2. The summed E-state index contributed by atoms with van der Waals surface area (Å²) >= 11 is 0. The second kappa shape index (κ2) is 7.64. The molecule has 0 saturated carbocycles. The first kappa shape index (κ1) is 16.2. The van der Waals surface area contributed by atoms with E-state index < -0.39 is 0 Å². The highest BCUT2D eigenvalue weighted by atomic mass is 19.1. The van der Waals surface area contributed by atoms with E-state index in [0.717, 1.165) is 31.5 Å². The Bertz CT molecular complexity index is 385. The molecule has 0 aliphatic heterocycles. The molecule has 0 fully saturated rings. The highest BCUT2D eigenvalue weighted by Gasteiger charge is 2.17. The molecule has 0 saturated heterocycles. The number of nitrogens with one attached hydrogen (secondary N) is 1. The number of hydrogen-bond acceptors (Lipinski definition) is 1. The van der Waals surface area contributed by atoms with Gasteiger partial charge in [0.05, 0.1) is 0 Å². The number of aryl methyl sites for hydroxylation is 2. The lowest BCUT2D eigenvalue weighted by Crippen LogP contribution is -2.23. The summed E-state index contributed by atoms with van der Waals surface area (Å²) in [5, 5.41) is 3.46. The van der Waals surface area contributed by atoms with E-state index in [4.69, 9.17) is 0 Å². The molecule has 0 heterocycles. The van der Waals surface area contributed by atoms with Crippen LogP contribution in [-0.4, -0.2) is 13.1 Å². The number of hydrogen-bond donors (Lipinski definition) is 1. The Morgan fingerprint density at radius 1 is 1.16 bits per heavy atom. The Labute approximate surface area is 117 Å². The zero-order valence-corrected chi connectivity index (χ0v) is 12.9. The minimum atomic E-state index is -0.105. The molecule has 0 aliphatic rings. The van der Waals surface area contributed by atoms with Crippen molar-refractivity contribution in [2.75, 3.05) is 13.1 Å². The van der Waals surface area contributed by atoms with Gasteiger partial charge < -0.3 is 5.32 Å². The van der Waals surface area contributed by atoms with Gasteiger partial charge in [-0.15, -0.1) is 0 Å². The lowest BCUT2D eigenvalue weighted by molar-refractivity contribution is 0.302. The van der Waals surface area contributed by atoms with Gasteiger partial charge in [-0.3, -0.25) is 0 Å². The second-order valence-electron chi connectivity index (χ2n) is 6.25. The SMILES string of the molecule is CCCNCCC(C)(C)CCc1ccc(F)c(C)c1. The van der Waals surface area contributed by atoms with Crippen molar-refractivity contribution in [1.29, 1.82) is 0 Å². The molecule has 0 unspecified atom stereocenters. The van der Waals surface area contributed by atoms with Crippen molar-refractivity contribution in [2.24, 2.45) is 5.41 Å². The molecule has 1 rings (SSSR count). The van der Waals surface area contributed by atoms with Gasteiger partial charge >= 0.3 is 0 Å². The van der Waals surface area contributed by atoms with Gasteiger partial charge in [0.2, 0.25) is 0 Å². The average Bonchev–Trinajstić information content (AvgIpc) is 2.36. The van der Waals surface area contributed by atoms with Gasteiger partial charge in [-0.05, 0) is 68.3 Å². The van der Waals surface area contributed by atoms with E-state index in [9.17, 15) is 4.39 Å². The molecule has 2 heteroatoms. The van der Waals surface area contributed by atoms with Gasteiger partial charge in [-0.2, -0.15) is 0 Å². The summed E-state index contributed by atoms with van der Waals surface area (Å²) in [5.41, 5.74) is 2.33. The molecule has 0 atom stereocenters. The van der Waals surface area contributed by atoms with Crippen LogP contribution in [0.4, 0.5) is 4.39 Å². The van der Waals surface area contributed by atoms with Crippen LogP contribution in [0.5, 0.6) is 0 Å². The zero-order valence-electron chi connectivity index (χ0n) is 12.9. The molecular weight excluding hydrogens is 237 g/mol. The average molecular weight is 265 g/mol. The van der Waals surface area contributed by atoms with Crippen molar-refractivity contribution in [2.45, 2.75) is 53.4 Å². The van der Waals surface area contributed by atoms with Gasteiger partial charge in [0.1, 0.15) is 5.82 Å². The minimum absolute atomic E-state index is 0.105. The zero-order chi connectivity index (χ0) is 14.3. The highest BCUT2D eigenvalue weighted by molar-refractivity contribution is 5.24. The predicted molar refractivity (Wildman–Crippen MR) is 81.0 cm³/mol. The third-order valence-corrected chi connectivity index (χ3v) is 3.72. The summed E-state index contributed by atoms with van der Waals surface area (Å²) in [6.07, 6.45) is 4.55. The number of halogens is 1. The Morgan fingerprint density at radius 2 is 1.89 bits per heavy atom. The van der Waals surface area contributed by atoms with Crippen LogP contribution in [-0.2, 0) is 6.42 Å². The summed E-state index contributed by atoms with van der Waals surface area (Å²) in [7, 11) is 0. The predicted octanol–water partition coefficient (Wildman–Crippen LogP) is 4.48. The van der Waals surface area contributed by atoms with Gasteiger partial charge in [-0.25, -0.2) is 4.39 Å². The highest BCUT2D eigenvalue weighted by Crippen LogP contribution is 2.26. The van der Waals surface area contributed by atoms with E-state index in [-0.39, 0.29) is 5.82 Å². The quantitative estimate of drug-likeness (QED) is 0.683. The van der Waals surface area contributed by atoms with E-state index in [1.807, 2.05) is 19.1 Å². The van der Waals surface area contributed by atoms with Crippen LogP contribution in [0.15, 0.2) is 18.2 Å². The fraction of sp³-hybridized carbons (Fsp3) is 0.647. The van der Waals surface area contributed by atoms with E-state index >= 15 is 0 Å². The lowest BCUT2D eigenvalue weighted by Gasteiger charge is -2.25. The maximum absolute atomic E-state index is 13.2. The smallest absolute Gasteiger partial charge is 0.126 e. The molecule has 0 spiro atoms. The molecule has 1 aromatic carbocycles. The molecular formula is C17H28FN. The largest absolute Gasteiger partial charge is 0.317 e. The lowest BCUT2D eigenvalue weighted by atomic mass is 9.83. The molecule has 1 aromatic rings. The minimum Gasteiger partial charge on any atom is -0.317 e. The van der Waals surface area contributed by atoms with Crippen LogP contribution >= 0.6 is 0 Å². The van der Waals surface area contributed by atoms with E-state index in [2.05, 4.69) is 26.1 Å². The summed E-state index contributed by atoms with van der Waals surface area (Å²) in [6.45, 7) is 10.8. The normalized spacial score (nSPS) is 11.8.